The van der Waals surface area contributed by atoms with Crippen LogP contribution in [-0.4, -0.2) is 7.11 Å². The van der Waals surface area contributed by atoms with Gasteiger partial charge in [-0.25, -0.2) is 0 Å². The Bertz CT molecular complexity index is 942. The van der Waals surface area contributed by atoms with Gasteiger partial charge >= 0.3 is 6.18 Å². The van der Waals surface area contributed by atoms with Gasteiger partial charge in [-0.1, -0.05) is 42.1 Å². The highest BCUT2D eigenvalue weighted by atomic mass is 32.2. The van der Waals surface area contributed by atoms with Gasteiger partial charge in [0, 0.05) is 16.3 Å². The van der Waals surface area contributed by atoms with Crippen molar-refractivity contribution in [1.29, 1.82) is 0 Å². The smallest absolute Gasteiger partial charge is 0.416 e. The lowest BCUT2D eigenvalue weighted by atomic mass is 10.0. The fraction of sp³-hybridized carbons (Fsp3) is 0.143. The molecule has 0 radical (unpaired) electrons. The van der Waals surface area contributed by atoms with E-state index in [1.54, 1.807) is 17.8 Å². The van der Waals surface area contributed by atoms with E-state index >= 15 is 0 Å². The van der Waals surface area contributed by atoms with Gasteiger partial charge in [0.25, 0.3) is 0 Å². The Morgan fingerprint density at radius 3 is 2.04 bits per heavy atom. The van der Waals surface area contributed by atoms with E-state index in [1.807, 2.05) is 53.4 Å². The Morgan fingerprint density at radius 1 is 0.889 bits per heavy atom. The molecule has 3 aromatic carbocycles. The van der Waals surface area contributed by atoms with Crippen molar-refractivity contribution in [3.8, 4) is 5.75 Å². The summed E-state index contributed by atoms with van der Waals surface area (Å²) in [6, 6.07) is 19.7. The van der Waals surface area contributed by atoms with E-state index < -0.39 is 11.7 Å². The van der Waals surface area contributed by atoms with Crippen molar-refractivity contribution >= 4 is 23.1 Å². The number of nitrogens with zero attached hydrogens (tertiary/aromatic N) is 1. The van der Waals surface area contributed by atoms with E-state index in [2.05, 4.69) is 0 Å². The number of hydrogen-bond acceptors (Lipinski definition) is 3. The second-order valence-electron chi connectivity index (χ2n) is 6.14. The minimum atomic E-state index is -4.45. The highest BCUT2D eigenvalue weighted by Gasteiger charge is 2.35. The summed E-state index contributed by atoms with van der Waals surface area (Å²) in [5.41, 5.74) is 1.35. The third-order valence-electron chi connectivity index (χ3n) is 4.48. The Balaban J connectivity index is 1.82. The van der Waals surface area contributed by atoms with Gasteiger partial charge in [0.15, 0.2) is 0 Å². The summed E-state index contributed by atoms with van der Waals surface area (Å²) in [5.74, 6) is 0.195. The Kier molecular flexibility index (Phi) is 4.52. The molecular weight excluding hydrogens is 371 g/mol. The summed E-state index contributed by atoms with van der Waals surface area (Å²) in [6.07, 6.45) is -4.45. The summed E-state index contributed by atoms with van der Waals surface area (Å²) in [5, 5.41) is 0. The van der Waals surface area contributed by atoms with Crippen LogP contribution in [0.4, 0.5) is 24.5 Å². The topological polar surface area (TPSA) is 12.5 Å². The van der Waals surface area contributed by atoms with Gasteiger partial charge in [0.2, 0.25) is 0 Å². The molecule has 0 aromatic heterocycles. The molecule has 138 valence electrons. The van der Waals surface area contributed by atoms with Crippen LogP contribution in [0.2, 0.25) is 0 Å². The lowest BCUT2D eigenvalue weighted by molar-refractivity contribution is -0.138. The predicted molar refractivity (Wildman–Crippen MR) is 101 cm³/mol. The van der Waals surface area contributed by atoms with Crippen LogP contribution in [0.15, 0.2) is 76.5 Å². The van der Waals surface area contributed by atoms with Crippen molar-refractivity contribution in [2.45, 2.75) is 22.5 Å². The first kappa shape index (κ1) is 17.8. The number of hydrogen-bond donors (Lipinski definition) is 0. The van der Waals surface area contributed by atoms with Gasteiger partial charge in [0.1, 0.15) is 5.75 Å². The molecule has 0 unspecified atom stereocenters. The molecule has 1 heterocycles. The van der Waals surface area contributed by atoms with Crippen LogP contribution in [-0.2, 0) is 12.7 Å². The fourth-order valence-corrected chi connectivity index (χ4v) is 4.30. The van der Waals surface area contributed by atoms with Gasteiger partial charge in [0.05, 0.1) is 24.0 Å². The largest absolute Gasteiger partial charge is 0.497 e. The van der Waals surface area contributed by atoms with Crippen LogP contribution < -0.4 is 9.64 Å². The van der Waals surface area contributed by atoms with Crippen LogP contribution in [0.1, 0.15) is 11.1 Å². The number of benzene rings is 3. The molecule has 0 saturated heterocycles. The summed E-state index contributed by atoms with van der Waals surface area (Å²) in [6.45, 7) is 0.118. The number of anilines is 2. The van der Waals surface area contributed by atoms with Crippen molar-refractivity contribution in [2.24, 2.45) is 0 Å². The van der Waals surface area contributed by atoms with E-state index in [1.165, 1.54) is 13.2 Å². The van der Waals surface area contributed by atoms with Crippen molar-refractivity contribution in [2.75, 3.05) is 12.0 Å². The third-order valence-corrected chi connectivity index (χ3v) is 5.61. The maximum Gasteiger partial charge on any atom is 0.416 e. The van der Waals surface area contributed by atoms with E-state index in [0.717, 1.165) is 27.2 Å². The maximum absolute atomic E-state index is 13.6. The van der Waals surface area contributed by atoms with E-state index in [-0.39, 0.29) is 17.9 Å². The lowest BCUT2D eigenvalue weighted by Crippen LogP contribution is -2.22. The molecule has 0 atom stereocenters. The number of ether oxygens (including phenoxy) is 1. The van der Waals surface area contributed by atoms with Gasteiger partial charge in [-0.15, -0.1) is 0 Å². The van der Waals surface area contributed by atoms with Crippen LogP contribution >= 0.6 is 11.8 Å². The first-order chi connectivity index (χ1) is 13.0. The zero-order valence-electron chi connectivity index (χ0n) is 14.5. The average molecular weight is 387 g/mol. The molecule has 2 nitrogen and oxygen atoms in total. The molecule has 3 aromatic rings. The zero-order chi connectivity index (χ0) is 19.0. The van der Waals surface area contributed by atoms with Crippen molar-refractivity contribution in [1.82, 2.24) is 0 Å². The van der Waals surface area contributed by atoms with Crippen LogP contribution in [0.5, 0.6) is 5.75 Å². The molecule has 0 N–H and O–H groups in total. The number of methoxy groups -OCH3 is 1. The summed E-state index contributed by atoms with van der Waals surface area (Å²) >= 11 is 1.63. The quantitative estimate of drug-likeness (QED) is 0.508. The third kappa shape index (κ3) is 3.37. The zero-order valence-corrected chi connectivity index (χ0v) is 15.3. The minimum Gasteiger partial charge on any atom is -0.497 e. The van der Waals surface area contributed by atoms with Gasteiger partial charge in [-0.2, -0.15) is 13.2 Å². The second kappa shape index (κ2) is 6.85. The summed E-state index contributed by atoms with van der Waals surface area (Å²) < 4.78 is 45.9. The van der Waals surface area contributed by atoms with Crippen LogP contribution in [0.25, 0.3) is 0 Å². The number of rotatable bonds is 3. The monoisotopic (exact) mass is 387 g/mol. The molecule has 0 aliphatic carbocycles. The SMILES string of the molecule is COc1ccc(CN2c3ccccc3Sc3ccccc32)c(C(F)(F)F)c1. The normalized spacial score (nSPS) is 13.1. The molecule has 0 fully saturated rings. The van der Waals surface area contributed by atoms with Crippen molar-refractivity contribution in [3.63, 3.8) is 0 Å². The molecular formula is C21H16F3NOS. The molecule has 0 saturated carbocycles. The van der Waals surface area contributed by atoms with Crippen LogP contribution in [0.3, 0.4) is 0 Å². The molecule has 27 heavy (non-hydrogen) atoms. The van der Waals surface area contributed by atoms with Crippen molar-refractivity contribution < 1.29 is 17.9 Å². The molecule has 0 spiro atoms. The van der Waals surface area contributed by atoms with Gasteiger partial charge < -0.3 is 9.64 Å². The maximum atomic E-state index is 13.6. The average Bonchev–Trinajstić information content (AvgIpc) is 2.67. The molecule has 1 aliphatic rings. The fourth-order valence-electron chi connectivity index (χ4n) is 3.21. The van der Waals surface area contributed by atoms with E-state index in [0.29, 0.717) is 0 Å². The highest BCUT2D eigenvalue weighted by Crippen LogP contribution is 2.49. The Morgan fingerprint density at radius 2 is 1.48 bits per heavy atom. The highest BCUT2D eigenvalue weighted by molar-refractivity contribution is 7.99. The van der Waals surface area contributed by atoms with Gasteiger partial charge in [-0.3, -0.25) is 0 Å². The van der Waals surface area contributed by atoms with E-state index in [9.17, 15) is 13.2 Å². The molecule has 6 heteroatoms. The first-order valence-electron chi connectivity index (χ1n) is 8.35. The number of para-hydroxylation sites is 2. The molecule has 0 bridgehead atoms. The van der Waals surface area contributed by atoms with E-state index in [4.69, 9.17) is 4.74 Å². The number of halogens is 3. The minimum absolute atomic E-state index is 0.118. The van der Waals surface area contributed by atoms with Crippen molar-refractivity contribution in [3.05, 3.63) is 77.9 Å². The Hall–Kier alpha value is -2.60. The Labute approximate surface area is 159 Å². The van der Waals surface area contributed by atoms with Gasteiger partial charge in [-0.05, 0) is 42.0 Å². The summed E-state index contributed by atoms with van der Waals surface area (Å²) in [7, 11) is 1.36. The summed E-state index contributed by atoms with van der Waals surface area (Å²) in [4.78, 5) is 4.00. The predicted octanol–water partition coefficient (Wildman–Crippen LogP) is 6.52. The molecule has 1 aliphatic heterocycles. The molecule has 4 rings (SSSR count). The standard InChI is InChI=1S/C21H16F3NOS/c1-26-15-11-10-14(16(12-15)21(22,23)24)13-25-17-6-2-4-8-19(17)27-20-9-5-3-7-18(20)25/h2-12H,13H2,1H3. The lowest BCUT2D eigenvalue weighted by Gasteiger charge is -2.33. The van der Waals surface area contributed by atoms with Crippen LogP contribution in [0, 0.1) is 0 Å². The second-order valence-corrected chi connectivity index (χ2v) is 7.23. The number of fused-ring (bicyclic) bond motifs is 2. The molecule has 0 amide bonds. The first-order valence-corrected chi connectivity index (χ1v) is 9.16. The number of alkyl halides is 3.